The van der Waals surface area contributed by atoms with Crippen molar-refractivity contribution >= 4 is 6.08 Å². The summed E-state index contributed by atoms with van der Waals surface area (Å²) in [7, 11) is 2.93. The van der Waals surface area contributed by atoms with Crippen LogP contribution >= 0.6 is 0 Å². The molecule has 2 atom stereocenters. The summed E-state index contributed by atoms with van der Waals surface area (Å²) in [5.41, 5.74) is 0.788. The second-order valence-corrected chi connectivity index (χ2v) is 6.18. The molecule has 0 aliphatic carbocycles. The first-order valence-electron chi connectivity index (χ1n) is 9.47. The molecule has 8 N–H and O–H groups in total. The van der Waals surface area contributed by atoms with Crippen molar-refractivity contribution in [3.63, 3.8) is 0 Å². The Kier molecular flexibility index (Phi) is 15.3. The number of ether oxygens (including phenoxy) is 2. The Labute approximate surface area is 186 Å². The number of hydrogen-bond acceptors (Lipinski definition) is 10. The van der Waals surface area contributed by atoms with E-state index in [1.54, 1.807) is 48.6 Å². The van der Waals surface area contributed by atoms with Crippen molar-refractivity contribution in [3.05, 3.63) is 54.1 Å². The smallest absolute Gasteiger partial charge is 0.200 e. The summed E-state index contributed by atoms with van der Waals surface area (Å²) < 4.78 is 9.96. The number of rotatable bonds is 8. The molecule has 10 nitrogen and oxygen atoms in total. The van der Waals surface area contributed by atoms with E-state index >= 15 is 0 Å². The Morgan fingerprint density at radius 2 is 1.28 bits per heavy atom. The van der Waals surface area contributed by atoms with Gasteiger partial charge in [0.15, 0.2) is 11.5 Å². The molecule has 0 radical (unpaired) electrons. The third-order valence-corrected chi connectivity index (χ3v) is 3.84. The number of benzene rings is 2. The molecule has 2 rings (SSSR count). The van der Waals surface area contributed by atoms with Crippen LogP contribution in [0.5, 0.6) is 23.0 Å². The van der Waals surface area contributed by atoms with Gasteiger partial charge in [0.25, 0.3) is 0 Å². The van der Waals surface area contributed by atoms with Gasteiger partial charge in [0, 0.05) is 0 Å². The maximum Gasteiger partial charge on any atom is 0.200 e. The summed E-state index contributed by atoms with van der Waals surface area (Å²) in [6, 6.07) is 12.0. The zero-order chi connectivity index (χ0) is 24.5. The molecular weight excluding hydrogens is 424 g/mol. The van der Waals surface area contributed by atoms with Gasteiger partial charge in [-0.15, -0.1) is 0 Å². The van der Waals surface area contributed by atoms with Crippen LogP contribution < -0.4 is 9.47 Å². The van der Waals surface area contributed by atoms with Crippen LogP contribution in [0.25, 0.3) is 6.08 Å². The normalized spacial score (nSPS) is 13.1. The monoisotopic (exact) mass is 456 g/mol. The fraction of sp³-hybridized carbons (Fsp3) is 0.364. The maximum atomic E-state index is 9.62. The van der Waals surface area contributed by atoms with E-state index in [9.17, 15) is 5.11 Å². The molecule has 0 saturated carbocycles. The van der Waals surface area contributed by atoms with Gasteiger partial charge in [-0.2, -0.15) is 0 Å². The highest BCUT2D eigenvalue weighted by Crippen LogP contribution is 2.37. The van der Waals surface area contributed by atoms with Crippen molar-refractivity contribution in [1.29, 1.82) is 0 Å². The van der Waals surface area contributed by atoms with Gasteiger partial charge in [0.2, 0.25) is 5.75 Å². The third kappa shape index (κ3) is 11.0. The first-order chi connectivity index (χ1) is 15.2. The molecule has 0 bridgehead atoms. The fourth-order valence-electron chi connectivity index (χ4n) is 2.10. The molecule has 0 heterocycles. The van der Waals surface area contributed by atoms with Gasteiger partial charge in [-0.1, -0.05) is 30.4 Å². The van der Waals surface area contributed by atoms with E-state index < -0.39 is 31.5 Å². The van der Waals surface area contributed by atoms with Crippen molar-refractivity contribution < 1.29 is 50.3 Å². The molecule has 0 aliphatic heterocycles. The maximum absolute atomic E-state index is 9.62. The van der Waals surface area contributed by atoms with E-state index in [0.717, 1.165) is 5.56 Å². The minimum absolute atomic E-state index is 0.0267. The molecule has 0 saturated heterocycles. The second-order valence-electron chi connectivity index (χ2n) is 6.18. The highest BCUT2D eigenvalue weighted by Gasteiger charge is 2.22. The van der Waals surface area contributed by atoms with Gasteiger partial charge < -0.3 is 50.3 Å². The minimum Gasteiger partial charge on any atom is -0.508 e. The molecule has 0 amide bonds. The molecule has 10 heteroatoms. The molecule has 0 aromatic heterocycles. The van der Waals surface area contributed by atoms with E-state index in [4.69, 9.17) is 45.2 Å². The zero-order valence-electron chi connectivity index (χ0n) is 17.9. The molecule has 180 valence electrons. The van der Waals surface area contributed by atoms with Gasteiger partial charge in [-0.3, -0.25) is 0 Å². The van der Waals surface area contributed by atoms with Crippen molar-refractivity contribution in [2.75, 3.05) is 34.0 Å². The van der Waals surface area contributed by atoms with Gasteiger partial charge in [-0.05, 0) is 29.8 Å². The lowest BCUT2D eigenvalue weighted by molar-refractivity contribution is -0.0900. The summed E-state index contributed by atoms with van der Waals surface area (Å²) in [6.07, 6.45) is -0.991. The van der Waals surface area contributed by atoms with Crippen LogP contribution in [0.1, 0.15) is 5.56 Å². The van der Waals surface area contributed by atoms with E-state index in [1.807, 2.05) is 6.07 Å². The molecule has 2 aromatic carbocycles. The lowest BCUT2D eigenvalue weighted by atomic mass is 10.1. The van der Waals surface area contributed by atoms with E-state index in [2.05, 4.69) is 0 Å². The predicted molar refractivity (Wildman–Crippen MR) is 118 cm³/mol. The van der Waals surface area contributed by atoms with Crippen molar-refractivity contribution in [3.8, 4) is 23.0 Å². The van der Waals surface area contributed by atoms with E-state index in [-0.39, 0.29) is 12.4 Å². The Morgan fingerprint density at radius 1 is 0.812 bits per heavy atom. The Balaban J connectivity index is 0.000000487. The highest BCUT2D eigenvalue weighted by atomic mass is 16.5. The van der Waals surface area contributed by atoms with Crippen LogP contribution in [-0.4, -0.2) is 93.2 Å². The van der Waals surface area contributed by atoms with Crippen molar-refractivity contribution in [2.45, 2.75) is 18.3 Å². The number of methoxy groups -OCH3 is 2. The second kappa shape index (κ2) is 16.8. The SMILES string of the molecule is COc1cc(/C=C/CO)cc(OC)c1O.OCC(O)C(O)C(O)CO.Oc1ccccc1. The predicted octanol–water partition coefficient (Wildman–Crippen LogP) is -0.139. The third-order valence-electron chi connectivity index (χ3n) is 3.84. The highest BCUT2D eigenvalue weighted by molar-refractivity contribution is 5.61. The molecule has 2 unspecified atom stereocenters. The summed E-state index contributed by atoms with van der Waals surface area (Å²) in [6.45, 7) is -1.32. The standard InChI is InChI=1S/C11H14O4.C6H6O.C5H12O5/c1-14-9-6-8(4-3-5-12)7-10(15-2)11(9)13;7-6-4-2-1-3-5-6;6-1-3(8)5(10)4(9)2-7/h3-4,6-7,12-13H,5H2,1-2H3;1-5,7H;3-10H,1-2H2/b4-3+;;. The first-order valence-corrected chi connectivity index (χ1v) is 9.47. The molecular formula is C22H32O10. The van der Waals surface area contributed by atoms with Crippen LogP contribution in [0.15, 0.2) is 48.5 Å². The van der Waals surface area contributed by atoms with Crippen LogP contribution in [0.2, 0.25) is 0 Å². The Hall–Kier alpha value is -2.86. The average molecular weight is 456 g/mol. The molecule has 0 aliphatic rings. The molecule has 2 aromatic rings. The molecule has 0 spiro atoms. The zero-order valence-corrected chi connectivity index (χ0v) is 17.9. The summed E-state index contributed by atoms with van der Waals surface area (Å²) >= 11 is 0. The average Bonchev–Trinajstić information content (AvgIpc) is 2.83. The molecule has 32 heavy (non-hydrogen) atoms. The number of aliphatic hydroxyl groups is 6. The van der Waals surface area contributed by atoms with E-state index in [1.165, 1.54) is 14.2 Å². The number of phenols is 2. The van der Waals surface area contributed by atoms with Gasteiger partial charge in [0.05, 0.1) is 34.0 Å². The van der Waals surface area contributed by atoms with Crippen LogP contribution in [0, 0.1) is 0 Å². The van der Waals surface area contributed by atoms with Crippen LogP contribution in [-0.2, 0) is 0 Å². The fourth-order valence-corrected chi connectivity index (χ4v) is 2.10. The number of aliphatic hydroxyl groups excluding tert-OH is 6. The van der Waals surface area contributed by atoms with Gasteiger partial charge in [0.1, 0.15) is 24.1 Å². The van der Waals surface area contributed by atoms with Crippen molar-refractivity contribution in [1.82, 2.24) is 0 Å². The minimum atomic E-state index is -1.49. The quantitative estimate of drug-likeness (QED) is 0.266. The largest absolute Gasteiger partial charge is 0.508 e. The summed E-state index contributed by atoms with van der Waals surface area (Å²) in [4.78, 5) is 0. The number of para-hydroxylation sites is 1. The van der Waals surface area contributed by atoms with Gasteiger partial charge >= 0.3 is 0 Å². The summed E-state index contributed by atoms with van der Waals surface area (Å²) in [5, 5.41) is 69.5. The lowest BCUT2D eigenvalue weighted by Crippen LogP contribution is -2.41. The van der Waals surface area contributed by atoms with Gasteiger partial charge in [-0.25, -0.2) is 0 Å². The Morgan fingerprint density at radius 3 is 1.59 bits per heavy atom. The topological polar surface area (TPSA) is 180 Å². The molecule has 0 fully saturated rings. The lowest BCUT2D eigenvalue weighted by Gasteiger charge is -2.19. The number of aromatic hydroxyl groups is 2. The van der Waals surface area contributed by atoms with E-state index in [0.29, 0.717) is 17.2 Å². The Bertz CT molecular complexity index is 732. The number of phenolic OH excluding ortho intramolecular Hbond substituents is 2. The van der Waals surface area contributed by atoms with Crippen LogP contribution in [0.4, 0.5) is 0 Å². The number of hydrogen-bond donors (Lipinski definition) is 8. The van der Waals surface area contributed by atoms with Crippen LogP contribution in [0.3, 0.4) is 0 Å². The first kappa shape index (κ1) is 29.1. The van der Waals surface area contributed by atoms with Crippen molar-refractivity contribution in [2.24, 2.45) is 0 Å². The summed E-state index contributed by atoms with van der Waals surface area (Å²) in [5.74, 6) is 0.975.